The van der Waals surface area contributed by atoms with E-state index in [-0.39, 0.29) is 0 Å². The lowest BCUT2D eigenvalue weighted by molar-refractivity contribution is 0.391. The molecule has 0 amide bonds. The molecule has 1 N–H and O–H groups in total. The molecule has 2 aromatic heterocycles. The monoisotopic (exact) mass is 260 g/mol. The van der Waals surface area contributed by atoms with E-state index < -0.39 is 0 Å². The molecule has 2 heterocycles. The fourth-order valence-corrected chi connectivity index (χ4v) is 1.90. The normalized spacial score (nSPS) is 10.6. The van der Waals surface area contributed by atoms with Crippen LogP contribution in [-0.2, 0) is 13.1 Å². The van der Waals surface area contributed by atoms with E-state index in [0.29, 0.717) is 5.88 Å². The summed E-state index contributed by atoms with van der Waals surface area (Å²) in [5.41, 5.74) is 2.10. The third kappa shape index (κ3) is 3.79. The van der Waals surface area contributed by atoms with Crippen LogP contribution in [0.5, 0.6) is 5.88 Å². The van der Waals surface area contributed by atoms with Gasteiger partial charge in [-0.3, -0.25) is 0 Å². The van der Waals surface area contributed by atoms with Gasteiger partial charge in [0.1, 0.15) is 0 Å². The van der Waals surface area contributed by atoms with Crippen LogP contribution in [0.1, 0.15) is 24.6 Å². The standard InChI is InChI=1S/C14H20N4O/c1-3-6-15-8-13-10-18(11-17-13)9-12-5-4-7-16-14(12)19-2/h4-5,7,10-11,15H,3,6,8-9H2,1-2H3. The van der Waals surface area contributed by atoms with Crippen LogP contribution in [0.4, 0.5) is 0 Å². The van der Waals surface area contributed by atoms with E-state index in [1.165, 1.54) is 0 Å². The Hall–Kier alpha value is -1.88. The average Bonchev–Trinajstić information content (AvgIpc) is 2.87. The molecular formula is C14H20N4O. The predicted octanol–water partition coefficient (Wildman–Crippen LogP) is 1.83. The summed E-state index contributed by atoms with van der Waals surface area (Å²) in [5.74, 6) is 0.668. The molecule has 5 nitrogen and oxygen atoms in total. The lowest BCUT2D eigenvalue weighted by Gasteiger charge is -2.07. The van der Waals surface area contributed by atoms with Crippen molar-refractivity contribution in [2.24, 2.45) is 0 Å². The summed E-state index contributed by atoms with van der Waals surface area (Å²) in [6.45, 7) is 4.70. The first-order valence-corrected chi connectivity index (χ1v) is 6.52. The van der Waals surface area contributed by atoms with Crippen molar-refractivity contribution in [2.45, 2.75) is 26.4 Å². The SMILES string of the molecule is CCCNCc1cn(Cc2cccnc2OC)cn1. The van der Waals surface area contributed by atoms with Crippen molar-refractivity contribution in [2.75, 3.05) is 13.7 Å². The number of pyridine rings is 1. The number of hydrogen-bond donors (Lipinski definition) is 1. The van der Waals surface area contributed by atoms with E-state index in [9.17, 15) is 0 Å². The van der Waals surface area contributed by atoms with Crippen LogP contribution in [0.3, 0.4) is 0 Å². The Morgan fingerprint density at radius 3 is 3.05 bits per heavy atom. The topological polar surface area (TPSA) is 52.0 Å². The second-order valence-electron chi connectivity index (χ2n) is 4.39. The van der Waals surface area contributed by atoms with Gasteiger partial charge in [-0.25, -0.2) is 9.97 Å². The lowest BCUT2D eigenvalue weighted by atomic mass is 10.2. The van der Waals surface area contributed by atoms with Gasteiger partial charge in [0.25, 0.3) is 0 Å². The van der Waals surface area contributed by atoms with E-state index in [1.54, 1.807) is 13.3 Å². The lowest BCUT2D eigenvalue weighted by Crippen LogP contribution is -2.13. The third-order valence-corrected chi connectivity index (χ3v) is 2.82. The van der Waals surface area contributed by atoms with Gasteiger partial charge < -0.3 is 14.6 Å². The number of methoxy groups -OCH3 is 1. The molecule has 0 aliphatic heterocycles. The maximum Gasteiger partial charge on any atom is 0.218 e. The fraction of sp³-hybridized carbons (Fsp3) is 0.429. The zero-order valence-corrected chi connectivity index (χ0v) is 11.5. The van der Waals surface area contributed by atoms with Crippen molar-refractivity contribution < 1.29 is 4.74 Å². The van der Waals surface area contributed by atoms with E-state index in [2.05, 4.69) is 28.4 Å². The summed E-state index contributed by atoms with van der Waals surface area (Å²) in [4.78, 5) is 8.57. The van der Waals surface area contributed by atoms with Crippen molar-refractivity contribution in [3.63, 3.8) is 0 Å². The molecule has 0 saturated heterocycles. The van der Waals surface area contributed by atoms with Crippen LogP contribution in [0.2, 0.25) is 0 Å². The Balaban J connectivity index is 1.99. The van der Waals surface area contributed by atoms with Gasteiger partial charge in [-0.1, -0.05) is 13.0 Å². The number of rotatable bonds is 7. The molecule has 2 rings (SSSR count). The molecule has 0 aliphatic rings. The van der Waals surface area contributed by atoms with Crippen molar-refractivity contribution in [3.8, 4) is 5.88 Å². The number of aromatic nitrogens is 3. The zero-order chi connectivity index (χ0) is 13.5. The summed E-state index contributed by atoms with van der Waals surface area (Å²) in [5, 5.41) is 3.34. The Morgan fingerprint density at radius 1 is 1.37 bits per heavy atom. The van der Waals surface area contributed by atoms with Crippen molar-refractivity contribution in [1.82, 2.24) is 19.9 Å². The summed E-state index contributed by atoms with van der Waals surface area (Å²) >= 11 is 0. The van der Waals surface area contributed by atoms with Crippen LogP contribution in [-0.4, -0.2) is 28.2 Å². The number of nitrogens with zero attached hydrogens (tertiary/aromatic N) is 3. The number of imidazole rings is 1. The van der Waals surface area contributed by atoms with Gasteiger partial charge in [0, 0.05) is 24.5 Å². The molecule has 0 unspecified atom stereocenters. The first-order chi connectivity index (χ1) is 9.33. The molecule has 0 atom stereocenters. The summed E-state index contributed by atoms with van der Waals surface area (Å²) in [6, 6.07) is 3.93. The highest BCUT2D eigenvalue weighted by Gasteiger charge is 2.05. The van der Waals surface area contributed by atoms with Gasteiger partial charge in [-0.05, 0) is 19.0 Å². The summed E-state index contributed by atoms with van der Waals surface area (Å²) in [6.07, 6.45) is 6.76. The highest BCUT2D eigenvalue weighted by molar-refractivity contribution is 5.25. The Bertz CT molecular complexity index is 510. The third-order valence-electron chi connectivity index (χ3n) is 2.82. The second kappa shape index (κ2) is 6.89. The number of nitrogens with one attached hydrogen (secondary N) is 1. The Morgan fingerprint density at radius 2 is 2.26 bits per heavy atom. The van der Waals surface area contributed by atoms with Crippen molar-refractivity contribution >= 4 is 0 Å². The van der Waals surface area contributed by atoms with Gasteiger partial charge in [0.2, 0.25) is 5.88 Å². The fourth-order valence-electron chi connectivity index (χ4n) is 1.90. The molecule has 0 saturated carbocycles. The second-order valence-corrected chi connectivity index (χ2v) is 4.39. The van der Waals surface area contributed by atoms with Crippen LogP contribution in [0, 0.1) is 0 Å². The van der Waals surface area contributed by atoms with E-state index in [0.717, 1.165) is 37.3 Å². The maximum absolute atomic E-state index is 5.25. The minimum absolute atomic E-state index is 0.668. The summed E-state index contributed by atoms with van der Waals surface area (Å²) in [7, 11) is 1.64. The highest BCUT2D eigenvalue weighted by Crippen LogP contribution is 2.15. The molecule has 2 aromatic rings. The molecule has 0 bridgehead atoms. The molecule has 0 fully saturated rings. The summed E-state index contributed by atoms with van der Waals surface area (Å²) < 4.78 is 7.29. The van der Waals surface area contributed by atoms with Crippen LogP contribution in [0.25, 0.3) is 0 Å². The van der Waals surface area contributed by atoms with Gasteiger partial charge in [-0.15, -0.1) is 0 Å². The smallest absolute Gasteiger partial charge is 0.218 e. The Labute approximate surface area is 113 Å². The number of ether oxygens (including phenoxy) is 1. The minimum Gasteiger partial charge on any atom is -0.481 e. The maximum atomic E-state index is 5.25. The van der Waals surface area contributed by atoms with Gasteiger partial charge in [-0.2, -0.15) is 0 Å². The highest BCUT2D eigenvalue weighted by atomic mass is 16.5. The molecule has 19 heavy (non-hydrogen) atoms. The Kier molecular flexibility index (Phi) is 4.92. The van der Waals surface area contributed by atoms with Crippen LogP contribution < -0.4 is 10.1 Å². The first-order valence-electron chi connectivity index (χ1n) is 6.52. The molecular weight excluding hydrogens is 240 g/mol. The number of hydrogen-bond acceptors (Lipinski definition) is 4. The van der Waals surface area contributed by atoms with Crippen molar-refractivity contribution in [1.29, 1.82) is 0 Å². The molecule has 0 aliphatic carbocycles. The van der Waals surface area contributed by atoms with E-state index >= 15 is 0 Å². The van der Waals surface area contributed by atoms with Gasteiger partial charge >= 0.3 is 0 Å². The quantitative estimate of drug-likeness (QED) is 0.772. The van der Waals surface area contributed by atoms with E-state index in [1.807, 2.05) is 23.0 Å². The van der Waals surface area contributed by atoms with Crippen LogP contribution >= 0.6 is 0 Å². The van der Waals surface area contributed by atoms with E-state index in [4.69, 9.17) is 4.74 Å². The molecule has 0 spiro atoms. The average molecular weight is 260 g/mol. The minimum atomic E-state index is 0.668. The molecule has 0 aromatic carbocycles. The predicted molar refractivity (Wildman–Crippen MR) is 74.1 cm³/mol. The van der Waals surface area contributed by atoms with Crippen molar-refractivity contribution in [3.05, 3.63) is 42.1 Å². The largest absolute Gasteiger partial charge is 0.481 e. The molecule has 102 valence electrons. The molecule has 5 heteroatoms. The van der Waals surface area contributed by atoms with Gasteiger partial charge in [0.15, 0.2) is 0 Å². The first kappa shape index (κ1) is 13.5. The van der Waals surface area contributed by atoms with Crippen LogP contribution in [0.15, 0.2) is 30.9 Å². The van der Waals surface area contributed by atoms with Gasteiger partial charge in [0.05, 0.1) is 25.7 Å². The zero-order valence-electron chi connectivity index (χ0n) is 11.5. The molecule has 0 radical (unpaired) electrons.